The van der Waals surface area contributed by atoms with E-state index in [1.807, 2.05) is 19.1 Å². The van der Waals surface area contributed by atoms with E-state index < -0.39 is 15.9 Å². The first-order valence-corrected chi connectivity index (χ1v) is 7.28. The number of hydrogen-bond donors (Lipinski definition) is 1. The number of amides is 1. The van der Waals surface area contributed by atoms with Crippen LogP contribution in [0.5, 0.6) is 0 Å². The van der Waals surface area contributed by atoms with Crippen LogP contribution in [0.4, 0.5) is 0 Å². The van der Waals surface area contributed by atoms with Gasteiger partial charge in [-0.1, -0.05) is 31.2 Å². The molecular weight excluding hydrogens is 252 g/mol. The van der Waals surface area contributed by atoms with Gasteiger partial charge < -0.3 is 5.73 Å². The van der Waals surface area contributed by atoms with E-state index in [4.69, 9.17) is 5.73 Å². The van der Waals surface area contributed by atoms with Gasteiger partial charge in [-0.15, -0.1) is 0 Å². The summed E-state index contributed by atoms with van der Waals surface area (Å²) in [6.45, 7) is 3.50. The van der Waals surface area contributed by atoms with Gasteiger partial charge in [0.2, 0.25) is 15.9 Å². The first kappa shape index (κ1) is 14.7. The average Bonchev–Trinajstić information content (AvgIpc) is 2.28. The second-order valence-electron chi connectivity index (χ2n) is 4.08. The number of aryl methyl sites for hydroxylation is 1. The van der Waals surface area contributed by atoms with E-state index in [1.165, 1.54) is 0 Å². The minimum absolute atomic E-state index is 0.110. The molecule has 0 spiro atoms. The molecule has 6 heteroatoms. The van der Waals surface area contributed by atoms with Crippen molar-refractivity contribution in [3.63, 3.8) is 0 Å². The molecule has 1 aromatic rings. The minimum atomic E-state index is -3.51. The van der Waals surface area contributed by atoms with Crippen LogP contribution in [0.1, 0.15) is 18.1 Å². The van der Waals surface area contributed by atoms with Gasteiger partial charge in [0.25, 0.3) is 0 Å². The van der Waals surface area contributed by atoms with Crippen molar-refractivity contribution < 1.29 is 13.2 Å². The highest BCUT2D eigenvalue weighted by Gasteiger charge is 2.22. The number of likely N-dealkylation sites (N-methyl/N-ethyl adjacent to an activating group) is 1. The Balaban J connectivity index is 2.93. The zero-order valence-electron chi connectivity index (χ0n) is 10.6. The molecule has 0 atom stereocenters. The molecule has 0 aliphatic rings. The summed E-state index contributed by atoms with van der Waals surface area (Å²) in [7, 11) is -3.51. The van der Waals surface area contributed by atoms with E-state index in [9.17, 15) is 13.2 Å². The topological polar surface area (TPSA) is 80.5 Å². The number of rotatable bonds is 6. The number of hydrogen-bond acceptors (Lipinski definition) is 3. The highest BCUT2D eigenvalue weighted by atomic mass is 32.2. The first-order valence-electron chi connectivity index (χ1n) is 5.67. The SMILES string of the molecule is CCN(CC(N)=O)S(=O)(=O)Cc1ccccc1C. The maximum Gasteiger partial charge on any atom is 0.232 e. The molecule has 0 aliphatic heterocycles. The number of carbonyl (C=O) groups excluding carboxylic acids is 1. The van der Waals surface area contributed by atoms with Crippen LogP contribution in [0, 0.1) is 6.92 Å². The quantitative estimate of drug-likeness (QED) is 0.823. The molecule has 0 aromatic heterocycles. The second kappa shape index (κ2) is 5.97. The molecule has 18 heavy (non-hydrogen) atoms. The number of benzene rings is 1. The molecule has 0 aliphatic carbocycles. The van der Waals surface area contributed by atoms with Crippen molar-refractivity contribution in [2.24, 2.45) is 5.73 Å². The molecule has 0 heterocycles. The molecule has 2 N–H and O–H groups in total. The van der Waals surface area contributed by atoms with Gasteiger partial charge in [0.1, 0.15) is 0 Å². The number of sulfonamides is 1. The Labute approximate surface area is 108 Å². The Morgan fingerprint density at radius 2 is 1.94 bits per heavy atom. The summed E-state index contributed by atoms with van der Waals surface area (Å²) < 4.78 is 25.4. The summed E-state index contributed by atoms with van der Waals surface area (Å²) in [5, 5.41) is 0. The monoisotopic (exact) mass is 270 g/mol. The van der Waals surface area contributed by atoms with Gasteiger partial charge in [0, 0.05) is 6.54 Å². The van der Waals surface area contributed by atoms with E-state index in [2.05, 4.69) is 0 Å². The zero-order chi connectivity index (χ0) is 13.8. The van der Waals surface area contributed by atoms with Crippen molar-refractivity contribution in [3.8, 4) is 0 Å². The van der Waals surface area contributed by atoms with Crippen molar-refractivity contribution in [2.45, 2.75) is 19.6 Å². The van der Waals surface area contributed by atoms with Gasteiger partial charge in [-0.3, -0.25) is 4.79 Å². The fourth-order valence-electron chi connectivity index (χ4n) is 1.64. The number of nitrogens with zero attached hydrogens (tertiary/aromatic N) is 1. The molecule has 5 nitrogen and oxygen atoms in total. The lowest BCUT2D eigenvalue weighted by atomic mass is 10.1. The largest absolute Gasteiger partial charge is 0.369 e. The molecule has 0 unspecified atom stereocenters. The van der Waals surface area contributed by atoms with E-state index in [1.54, 1.807) is 19.1 Å². The molecule has 0 saturated carbocycles. The minimum Gasteiger partial charge on any atom is -0.369 e. The lowest BCUT2D eigenvalue weighted by Crippen LogP contribution is -2.38. The van der Waals surface area contributed by atoms with Crippen molar-refractivity contribution in [1.82, 2.24) is 4.31 Å². The summed E-state index contributed by atoms with van der Waals surface area (Å²) in [6, 6.07) is 7.27. The zero-order valence-corrected chi connectivity index (χ0v) is 11.4. The fourth-order valence-corrected chi connectivity index (χ4v) is 3.26. The smallest absolute Gasteiger partial charge is 0.232 e. The van der Waals surface area contributed by atoms with Crippen molar-refractivity contribution >= 4 is 15.9 Å². The molecular formula is C12H18N2O3S. The summed E-state index contributed by atoms with van der Waals surface area (Å²) in [5.74, 6) is -0.758. The lowest BCUT2D eigenvalue weighted by Gasteiger charge is -2.19. The van der Waals surface area contributed by atoms with Gasteiger partial charge in [-0.05, 0) is 18.1 Å². The third-order valence-electron chi connectivity index (χ3n) is 2.68. The normalized spacial score (nSPS) is 11.7. The number of nitrogens with two attached hydrogens (primary N) is 1. The summed E-state index contributed by atoms with van der Waals surface area (Å²) in [6.07, 6.45) is 0. The predicted octanol–water partition coefficient (Wildman–Crippen LogP) is 0.632. The third kappa shape index (κ3) is 3.82. The molecule has 1 amide bonds. The molecule has 0 radical (unpaired) electrons. The lowest BCUT2D eigenvalue weighted by molar-refractivity contribution is -0.118. The number of carbonyl (C=O) groups is 1. The van der Waals surface area contributed by atoms with E-state index in [-0.39, 0.29) is 18.8 Å². The molecule has 0 saturated heterocycles. The van der Waals surface area contributed by atoms with Crippen molar-refractivity contribution in [2.75, 3.05) is 13.1 Å². The van der Waals surface area contributed by atoms with Crippen LogP contribution >= 0.6 is 0 Å². The maximum atomic E-state index is 12.1. The van der Waals surface area contributed by atoms with Crippen LogP contribution in [0.3, 0.4) is 0 Å². The van der Waals surface area contributed by atoms with Crippen LogP contribution in [0.25, 0.3) is 0 Å². The standard InChI is InChI=1S/C12H18N2O3S/c1-3-14(8-12(13)15)18(16,17)9-11-7-5-4-6-10(11)2/h4-7H,3,8-9H2,1-2H3,(H2,13,15). The van der Waals surface area contributed by atoms with Crippen molar-refractivity contribution in [3.05, 3.63) is 35.4 Å². The molecule has 100 valence electrons. The van der Waals surface area contributed by atoms with Gasteiger partial charge >= 0.3 is 0 Å². The van der Waals surface area contributed by atoms with Crippen LogP contribution in [-0.4, -0.2) is 31.7 Å². The Bertz CT molecular complexity index is 526. The summed E-state index contributed by atoms with van der Waals surface area (Å²) in [4.78, 5) is 10.9. The van der Waals surface area contributed by atoms with E-state index in [0.29, 0.717) is 0 Å². The summed E-state index contributed by atoms with van der Waals surface area (Å²) >= 11 is 0. The highest BCUT2D eigenvalue weighted by Crippen LogP contribution is 2.14. The Hall–Kier alpha value is -1.40. The Morgan fingerprint density at radius 1 is 1.33 bits per heavy atom. The second-order valence-corrected chi connectivity index (χ2v) is 6.04. The van der Waals surface area contributed by atoms with E-state index >= 15 is 0 Å². The van der Waals surface area contributed by atoms with Crippen LogP contribution in [0.2, 0.25) is 0 Å². The fraction of sp³-hybridized carbons (Fsp3) is 0.417. The third-order valence-corrected chi connectivity index (χ3v) is 4.53. The first-order chi connectivity index (χ1) is 8.36. The van der Waals surface area contributed by atoms with Gasteiger partial charge in [-0.25, -0.2) is 8.42 Å². The molecule has 0 bridgehead atoms. The molecule has 1 rings (SSSR count). The van der Waals surface area contributed by atoms with Crippen LogP contribution in [0.15, 0.2) is 24.3 Å². The molecule has 0 fully saturated rings. The van der Waals surface area contributed by atoms with Crippen LogP contribution in [-0.2, 0) is 20.6 Å². The average molecular weight is 270 g/mol. The summed E-state index contributed by atoms with van der Waals surface area (Å²) in [5.41, 5.74) is 6.69. The van der Waals surface area contributed by atoms with Gasteiger partial charge in [0.15, 0.2) is 0 Å². The highest BCUT2D eigenvalue weighted by molar-refractivity contribution is 7.88. The van der Waals surface area contributed by atoms with E-state index in [0.717, 1.165) is 15.4 Å². The number of primary amides is 1. The Morgan fingerprint density at radius 3 is 2.44 bits per heavy atom. The van der Waals surface area contributed by atoms with Gasteiger partial charge in [-0.2, -0.15) is 4.31 Å². The molecule has 1 aromatic carbocycles. The van der Waals surface area contributed by atoms with Crippen LogP contribution < -0.4 is 5.73 Å². The maximum absolute atomic E-state index is 12.1. The Kier molecular flexibility index (Phi) is 4.86. The van der Waals surface area contributed by atoms with Crippen molar-refractivity contribution in [1.29, 1.82) is 0 Å². The van der Waals surface area contributed by atoms with Gasteiger partial charge in [0.05, 0.1) is 12.3 Å². The predicted molar refractivity (Wildman–Crippen MR) is 70.2 cm³/mol.